The van der Waals surface area contributed by atoms with E-state index in [0.717, 1.165) is 17.2 Å². The molecule has 0 fully saturated rings. The summed E-state index contributed by atoms with van der Waals surface area (Å²) in [6, 6.07) is 2.28. The molecule has 0 radical (unpaired) electrons. The van der Waals surface area contributed by atoms with Crippen molar-refractivity contribution in [2.75, 3.05) is 19.3 Å². The van der Waals surface area contributed by atoms with Crippen LogP contribution in [0.1, 0.15) is 12.5 Å². The highest BCUT2D eigenvalue weighted by molar-refractivity contribution is 5.52. The van der Waals surface area contributed by atoms with Crippen molar-refractivity contribution in [3.05, 3.63) is 52.4 Å². The van der Waals surface area contributed by atoms with Crippen molar-refractivity contribution in [2.24, 2.45) is 5.73 Å². The van der Waals surface area contributed by atoms with Gasteiger partial charge in [-0.05, 0) is 30.7 Å². The number of benzene rings is 1. The highest BCUT2D eigenvalue weighted by Crippen LogP contribution is 2.19. The molecule has 0 amide bonds. The summed E-state index contributed by atoms with van der Waals surface area (Å²) in [6.07, 6.45) is 1.81. The van der Waals surface area contributed by atoms with E-state index in [9.17, 15) is 8.78 Å². The molecule has 1 aliphatic heterocycles. The van der Waals surface area contributed by atoms with Crippen molar-refractivity contribution in [3.8, 4) is 11.8 Å². The summed E-state index contributed by atoms with van der Waals surface area (Å²) in [6.45, 7) is 2.36. The Hall–Kier alpha value is -2.48. The topological polar surface area (TPSA) is 55.3 Å². The van der Waals surface area contributed by atoms with Gasteiger partial charge in [0.15, 0.2) is 5.82 Å². The zero-order valence-electron chi connectivity index (χ0n) is 11.3. The third-order valence-corrected chi connectivity index (χ3v) is 3.08. The minimum atomic E-state index is -0.825. The van der Waals surface area contributed by atoms with Gasteiger partial charge in [0, 0.05) is 12.6 Å². The van der Waals surface area contributed by atoms with Crippen LogP contribution >= 0.6 is 0 Å². The predicted octanol–water partition coefficient (Wildman–Crippen LogP) is 1.96. The average Bonchev–Trinajstić information content (AvgIpc) is 2.40. The van der Waals surface area contributed by atoms with Crippen LogP contribution in [0.5, 0.6) is 0 Å². The fourth-order valence-electron chi connectivity index (χ4n) is 1.92. The lowest BCUT2D eigenvalue weighted by atomic mass is 10.1. The summed E-state index contributed by atoms with van der Waals surface area (Å²) in [5.74, 6) is 4.40. The number of nitrogens with zero attached hydrogens (tertiary/aromatic N) is 1. The Balaban J connectivity index is 2.39. The van der Waals surface area contributed by atoms with Gasteiger partial charge in [-0.2, -0.15) is 0 Å². The normalized spacial score (nSPS) is 14.8. The fraction of sp³-hybridized carbons (Fsp3) is 0.200. The molecule has 4 N–H and O–H groups in total. The molecular formula is C15H15F2N3. The zero-order valence-corrected chi connectivity index (χ0v) is 11.3. The molecule has 1 aliphatic rings. The Bertz CT molecular complexity index is 678. The first-order chi connectivity index (χ1) is 9.40. The summed E-state index contributed by atoms with van der Waals surface area (Å²) in [5, 5.41) is 0. The summed E-state index contributed by atoms with van der Waals surface area (Å²) in [7, 11) is 1.83. The maximum atomic E-state index is 13.7. The van der Waals surface area contributed by atoms with Gasteiger partial charge in [0.25, 0.3) is 0 Å². The van der Waals surface area contributed by atoms with Crippen molar-refractivity contribution >= 4 is 5.69 Å². The molecule has 5 heteroatoms. The molecule has 2 rings (SSSR count). The Labute approximate surface area is 116 Å². The summed E-state index contributed by atoms with van der Waals surface area (Å²) in [5.41, 5.74) is 12.4. The maximum absolute atomic E-state index is 13.7. The molecule has 3 nitrogen and oxygen atoms in total. The number of likely N-dealkylation sites (N-methyl/N-ethyl adjacent to an activating group) is 1. The van der Waals surface area contributed by atoms with Gasteiger partial charge in [0.05, 0.1) is 17.8 Å². The minimum Gasteiger partial charge on any atom is -0.396 e. The number of nitrogens with two attached hydrogens (primary N) is 2. The van der Waals surface area contributed by atoms with Gasteiger partial charge < -0.3 is 16.4 Å². The third-order valence-electron chi connectivity index (χ3n) is 3.08. The zero-order chi connectivity index (χ0) is 14.9. The van der Waals surface area contributed by atoms with Crippen molar-refractivity contribution in [1.82, 2.24) is 4.90 Å². The molecule has 0 bridgehead atoms. The Morgan fingerprint density at radius 2 is 1.90 bits per heavy atom. The standard InChI is InChI=1S/C15H15F2N3/c1-9-7-10(8-20(2)15(9)19)3-4-11-12(16)5-6-13(18)14(11)17/h5-7H,8,18-19H2,1-2H3. The molecular weight excluding hydrogens is 260 g/mol. The molecule has 1 heterocycles. The van der Waals surface area contributed by atoms with E-state index in [4.69, 9.17) is 11.5 Å². The van der Waals surface area contributed by atoms with Gasteiger partial charge in [-0.25, -0.2) is 8.78 Å². The van der Waals surface area contributed by atoms with Crippen LogP contribution in [0.15, 0.2) is 35.2 Å². The largest absolute Gasteiger partial charge is 0.396 e. The number of rotatable bonds is 0. The third kappa shape index (κ3) is 2.59. The van der Waals surface area contributed by atoms with Crippen LogP contribution < -0.4 is 11.5 Å². The Morgan fingerprint density at radius 3 is 2.55 bits per heavy atom. The Morgan fingerprint density at radius 1 is 1.20 bits per heavy atom. The average molecular weight is 275 g/mol. The van der Waals surface area contributed by atoms with Crippen LogP contribution in [0.3, 0.4) is 0 Å². The van der Waals surface area contributed by atoms with E-state index in [1.54, 1.807) is 0 Å². The van der Waals surface area contributed by atoms with Gasteiger partial charge in [-0.15, -0.1) is 0 Å². The van der Waals surface area contributed by atoms with Gasteiger partial charge in [-0.3, -0.25) is 0 Å². The molecule has 0 aliphatic carbocycles. The summed E-state index contributed by atoms with van der Waals surface area (Å²) in [4.78, 5) is 1.82. The minimum absolute atomic E-state index is 0.120. The van der Waals surface area contributed by atoms with Crippen LogP contribution in [0.25, 0.3) is 0 Å². The van der Waals surface area contributed by atoms with E-state index in [1.165, 1.54) is 6.07 Å². The number of anilines is 1. The molecule has 0 spiro atoms. The molecule has 104 valence electrons. The maximum Gasteiger partial charge on any atom is 0.164 e. The second kappa shape index (κ2) is 5.25. The monoisotopic (exact) mass is 275 g/mol. The summed E-state index contributed by atoms with van der Waals surface area (Å²) < 4.78 is 27.2. The highest BCUT2D eigenvalue weighted by atomic mass is 19.1. The van der Waals surface area contributed by atoms with E-state index < -0.39 is 11.6 Å². The van der Waals surface area contributed by atoms with Crippen LogP contribution in [0.4, 0.5) is 14.5 Å². The number of hydrogen-bond donors (Lipinski definition) is 2. The molecule has 0 saturated carbocycles. The van der Waals surface area contributed by atoms with Crippen LogP contribution in [-0.4, -0.2) is 18.5 Å². The van der Waals surface area contributed by atoms with Gasteiger partial charge in [-0.1, -0.05) is 11.8 Å². The number of halogens is 2. The second-order valence-electron chi connectivity index (χ2n) is 4.67. The fourth-order valence-corrected chi connectivity index (χ4v) is 1.92. The molecule has 0 unspecified atom stereocenters. The van der Waals surface area contributed by atoms with E-state index in [1.807, 2.05) is 24.9 Å². The predicted molar refractivity (Wildman–Crippen MR) is 75.2 cm³/mol. The van der Waals surface area contributed by atoms with E-state index >= 15 is 0 Å². The van der Waals surface area contributed by atoms with Crippen molar-refractivity contribution < 1.29 is 8.78 Å². The molecule has 0 aromatic heterocycles. The molecule has 1 aromatic carbocycles. The van der Waals surface area contributed by atoms with Crippen LogP contribution in [0.2, 0.25) is 0 Å². The highest BCUT2D eigenvalue weighted by Gasteiger charge is 2.12. The lowest BCUT2D eigenvalue weighted by Crippen LogP contribution is -2.29. The Kier molecular flexibility index (Phi) is 3.66. The lowest BCUT2D eigenvalue weighted by molar-refractivity contribution is 0.441. The molecule has 20 heavy (non-hydrogen) atoms. The molecule has 0 saturated heterocycles. The van der Waals surface area contributed by atoms with E-state index in [0.29, 0.717) is 12.4 Å². The van der Waals surface area contributed by atoms with Gasteiger partial charge in [0.2, 0.25) is 0 Å². The quantitative estimate of drug-likeness (QED) is 0.562. The second-order valence-corrected chi connectivity index (χ2v) is 4.67. The first kappa shape index (κ1) is 13.9. The van der Waals surface area contributed by atoms with Crippen LogP contribution in [-0.2, 0) is 0 Å². The number of allylic oxidation sites excluding steroid dienone is 2. The number of nitrogen functional groups attached to an aromatic ring is 1. The van der Waals surface area contributed by atoms with E-state index in [2.05, 4.69) is 11.8 Å². The smallest absolute Gasteiger partial charge is 0.164 e. The number of hydrogen-bond acceptors (Lipinski definition) is 3. The van der Waals surface area contributed by atoms with Gasteiger partial charge in [0.1, 0.15) is 11.6 Å². The van der Waals surface area contributed by atoms with Crippen LogP contribution in [0, 0.1) is 23.5 Å². The van der Waals surface area contributed by atoms with E-state index in [-0.39, 0.29) is 11.3 Å². The van der Waals surface area contributed by atoms with Crippen molar-refractivity contribution in [2.45, 2.75) is 6.92 Å². The van der Waals surface area contributed by atoms with Gasteiger partial charge >= 0.3 is 0 Å². The SMILES string of the molecule is CC1=C(N)N(C)CC(C#Cc2c(F)ccc(N)c2F)=C1. The first-order valence-electron chi connectivity index (χ1n) is 6.03. The van der Waals surface area contributed by atoms with Crippen molar-refractivity contribution in [3.63, 3.8) is 0 Å². The molecule has 1 aromatic rings. The molecule has 0 atom stereocenters. The lowest BCUT2D eigenvalue weighted by Gasteiger charge is -2.24. The van der Waals surface area contributed by atoms with Crippen molar-refractivity contribution in [1.29, 1.82) is 0 Å². The summed E-state index contributed by atoms with van der Waals surface area (Å²) >= 11 is 0. The first-order valence-corrected chi connectivity index (χ1v) is 6.03.